The van der Waals surface area contributed by atoms with Gasteiger partial charge in [-0.25, -0.2) is 0 Å². The van der Waals surface area contributed by atoms with Crippen LogP contribution in [0.15, 0.2) is 18.2 Å². The molecule has 1 aromatic rings. The van der Waals surface area contributed by atoms with E-state index in [0.29, 0.717) is 11.0 Å². The predicted octanol–water partition coefficient (Wildman–Crippen LogP) is 3.46. The molecule has 3 heteroatoms. The van der Waals surface area contributed by atoms with Gasteiger partial charge in [0.05, 0.1) is 6.10 Å². The van der Waals surface area contributed by atoms with E-state index in [9.17, 15) is 10.2 Å². The molecule has 2 rings (SSSR count). The number of nitrogens with zero attached hydrogens (tertiary/aromatic N) is 1. The van der Waals surface area contributed by atoms with Crippen molar-refractivity contribution in [1.29, 1.82) is 0 Å². The number of aliphatic hydroxyl groups excluding tert-OH is 1. The summed E-state index contributed by atoms with van der Waals surface area (Å²) >= 11 is 0. The summed E-state index contributed by atoms with van der Waals surface area (Å²) in [6.45, 7) is 8.31. The zero-order chi connectivity index (χ0) is 14.0. The molecule has 3 nitrogen and oxygen atoms in total. The minimum absolute atomic E-state index is 0.193. The summed E-state index contributed by atoms with van der Waals surface area (Å²) in [4.78, 5) is 2.35. The number of rotatable bonds is 4. The first kappa shape index (κ1) is 14.2. The SMILES string of the molecule is CCC1(CC)CCN(c2ccc(C(C)O)c(O)c2)C1. The number of anilines is 1. The fourth-order valence-corrected chi connectivity index (χ4v) is 3.06. The van der Waals surface area contributed by atoms with Crippen molar-refractivity contribution in [3.8, 4) is 5.75 Å². The maximum atomic E-state index is 9.98. The van der Waals surface area contributed by atoms with Crippen molar-refractivity contribution >= 4 is 5.69 Å². The van der Waals surface area contributed by atoms with Gasteiger partial charge in [0.1, 0.15) is 5.75 Å². The fraction of sp³-hybridized carbons (Fsp3) is 0.625. The molecule has 0 aliphatic carbocycles. The minimum Gasteiger partial charge on any atom is -0.507 e. The molecule has 1 unspecified atom stereocenters. The van der Waals surface area contributed by atoms with Crippen LogP contribution in [0.4, 0.5) is 5.69 Å². The molecule has 0 aromatic heterocycles. The Kier molecular flexibility index (Phi) is 4.04. The molecular weight excluding hydrogens is 238 g/mol. The number of aliphatic hydroxyl groups is 1. The largest absolute Gasteiger partial charge is 0.507 e. The molecule has 1 saturated heterocycles. The van der Waals surface area contributed by atoms with Crippen molar-refractivity contribution in [2.45, 2.75) is 46.1 Å². The topological polar surface area (TPSA) is 43.7 Å². The van der Waals surface area contributed by atoms with Gasteiger partial charge < -0.3 is 15.1 Å². The minimum atomic E-state index is -0.627. The van der Waals surface area contributed by atoms with Crippen LogP contribution in [0.5, 0.6) is 5.75 Å². The average molecular weight is 263 g/mol. The molecule has 1 atom stereocenters. The average Bonchev–Trinajstić information content (AvgIpc) is 2.83. The molecular formula is C16H25NO2. The lowest BCUT2D eigenvalue weighted by molar-refractivity contribution is 0.195. The summed E-state index contributed by atoms with van der Waals surface area (Å²) in [5.74, 6) is 0.193. The van der Waals surface area contributed by atoms with E-state index in [0.717, 1.165) is 18.8 Å². The number of phenols is 1. The number of phenolic OH excluding ortho intramolecular Hbond substituents is 1. The third-order valence-electron chi connectivity index (χ3n) is 4.77. The molecule has 1 fully saturated rings. The van der Waals surface area contributed by atoms with Gasteiger partial charge in [-0.15, -0.1) is 0 Å². The quantitative estimate of drug-likeness (QED) is 0.874. The van der Waals surface area contributed by atoms with Gasteiger partial charge in [-0.05, 0) is 37.7 Å². The van der Waals surface area contributed by atoms with Gasteiger partial charge in [-0.3, -0.25) is 0 Å². The first-order valence-electron chi connectivity index (χ1n) is 7.27. The highest BCUT2D eigenvalue weighted by Crippen LogP contribution is 2.40. The number of benzene rings is 1. The van der Waals surface area contributed by atoms with Crippen molar-refractivity contribution in [2.24, 2.45) is 5.41 Å². The van der Waals surface area contributed by atoms with Crippen LogP contribution in [0.1, 0.15) is 51.7 Å². The Labute approximate surface area is 115 Å². The molecule has 2 N–H and O–H groups in total. The Bertz CT molecular complexity index is 438. The smallest absolute Gasteiger partial charge is 0.123 e. The van der Waals surface area contributed by atoms with Crippen LogP contribution in [0.3, 0.4) is 0 Å². The molecule has 0 radical (unpaired) electrons. The van der Waals surface area contributed by atoms with Crippen molar-refractivity contribution in [2.75, 3.05) is 18.0 Å². The lowest BCUT2D eigenvalue weighted by Crippen LogP contribution is -2.26. The van der Waals surface area contributed by atoms with E-state index in [-0.39, 0.29) is 5.75 Å². The Hall–Kier alpha value is -1.22. The molecule has 0 spiro atoms. The van der Waals surface area contributed by atoms with Crippen LogP contribution in [-0.2, 0) is 0 Å². The summed E-state index contributed by atoms with van der Waals surface area (Å²) in [6, 6.07) is 5.61. The van der Waals surface area contributed by atoms with Gasteiger partial charge in [0.25, 0.3) is 0 Å². The number of hydrogen-bond acceptors (Lipinski definition) is 3. The molecule has 1 aliphatic rings. The Morgan fingerprint density at radius 2 is 2.00 bits per heavy atom. The van der Waals surface area contributed by atoms with Crippen LogP contribution >= 0.6 is 0 Å². The Balaban J connectivity index is 2.18. The van der Waals surface area contributed by atoms with Crippen molar-refractivity contribution in [1.82, 2.24) is 0 Å². The van der Waals surface area contributed by atoms with E-state index in [1.165, 1.54) is 19.3 Å². The molecule has 1 aromatic carbocycles. The van der Waals surface area contributed by atoms with E-state index in [4.69, 9.17) is 0 Å². The number of hydrogen-bond donors (Lipinski definition) is 2. The molecule has 1 heterocycles. The van der Waals surface area contributed by atoms with Gasteiger partial charge in [-0.1, -0.05) is 19.9 Å². The summed E-state index contributed by atoms with van der Waals surface area (Å²) in [5, 5.41) is 19.5. The highest BCUT2D eigenvalue weighted by molar-refractivity contribution is 5.54. The number of aromatic hydroxyl groups is 1. The van der Waals surface area contributed by atoms with Crippen molar-refractivity contribution in [3.05, 3.63) is 23.8 Å². The van der Waals surface area contributed by atoms with Crippen LogP contribution in [0.2, 0.25) is 0 Å². The second-order valence-electron chi connectivity index (χ2n) is 5.80. The van der Waals surface area contributed by atoms with Crippen LogP contribution < -0.4 is 4.90 Å². The van der Waals surface area contributed by atoms with E-state index < -0.39 is 6.10 Å². The van der Waals surface area contributed by atoms with Gasteiger partial charge in [-0.2, -0.15) is 0 Å². The molecule has 0 bridgehead atoms. The standard InChI is InChI=1S/C16H25NO2/c1-4-16(5-2)8-9-17(11-16)13-6-7-14(12(3)18)15(19)10-13/h6-7,10,12,18-19H,4-5,8-9,11H2,1-3H3. The molecule has 0 saturated carbocycles. The van der Waals surface area contributed by atoms with Gasteiger partial charge >= 0.3 is 0 Å². The third-order valence-corrected chi connectivity index (χ3v) is 4.77. The summed E-state index contributed by atoms with van der Waals surface area (Å²) in [7, 11) is 0. The lowest BCUT2D eigenvalue weighted by atomic mass is 9.82. The first-order valence-corrected chi connectivity index (χ1v) is 7.27. The maximum Gasteiger partial charge on any atom is 0.123 e. The first-order chi connectivity index (χ1) is 9.01. The van der Waals surface area contributed by atoms with E-state index in [2.05, 4.69) is 18.7 Å². The summed E-state index contributed by atoms with van der Waals surface area (Å²) < 4.78 is 0. The molecule has 1 aliphatic heterocycles. The van der Waals surface area contributed by atoms with E-state index in [1.54, 1.807) is 13.0 Å². The Morgan fingerprint density at radius 1 is 1.32 bits per heavy atom. The van der Waals surface area contributed by atoms with Crippen molar-refractivity contribution < 1.29 is 10.2 Å². The maximum absolute atomic E-state index is 9.98. The second kappa shape index (κ2) is 5.41. The van der Waals surface area contributed by atoms with E-state index in [1.807, 2.05) is 12.1 Å². The van der Waals surface area contributed by atoms with Gasteiger partial charge in [0.2, 0.25) is 0 Å². The second-order valence-corrected chi connectivity index (χ2v) is 5.80. The van der Waals surface area contributed by atoms with Crippen LogP contribution in [-0.4, -0.2) is 23.3 Å². The predicted molar refractivity (Wildman–Crippen MR) is 78.6 cm³/mol. The zero-order valence-corrected chi connectivity index (χ0v) is 12.2. The summed E-state index contributed by atoms with van der Waals surface area (Å²) in [6.07, 6.45) is 3.01. The fourth-order valence-electron chi connectivity index (χ4n) is 3.06. The molecule has 106 valence electrons. The van der Waals surface area contributed by atoms with Crippen LogP contribution in [0, 0.1) is 5.41 Å². The molecule has 0 amide bonds. The monoisotopic (exact) mass is 263 g/mol. The highest BCUT2D eigenvalue weighted by Gasteiger charge is 2.35. The third kappa shape index (κ3) is 2.71. The lowest BCUT2D eigenvalue weighted by Gasteiger charge is -2.27. The van der Waals surface area contributed by atoms with Crippen molar-refractivity contribution in [3.63, 3.8) is 0 Å². The van der Waals surface area contributed by atoms with Gasteiger partial charge in [0.15, 0.2) is 0 Å². The summed E-state index contributed by atoms with van der Waals surface area (Å²) in [5.41, 5.74) is 2.09. The normalized spacial score (nSPS) is 19.7. The zero-order valence-electron chi connectivity index (χ0n) is 12.2. The van der Waals surface area contributed by atoms with Crippen LogP contribution in [0.25, 0.3) is 0 Å². The highest BCUT2D eigenvalue weighted by atomic mass is 16.3. The van der Waals surface area contributed by atoms with E-state index >= 15 is 0 Å². The van der Waals surface area contributed by atoms with Gasteiger partial charge in [0, 0.05) is 30.4 Å². The molecule has 19 heavy (non-hydrogen) atoms. The Morgan fingerprint density at radius 3 is 2.47 bits per heavy atom.